The van der Waals surface area contributed by atoms with Crippen molar-refractivity contribution in [1.82, 2.24) is 10.2 Å². The van der Waals surface area contributed by atoms with Crippen LogP contribution in [0.5, 0.6) is 0 Å². The molecule has 2 fully saturated rings. The molecule has 2 saturated heterocycles. The summed E-state index contributed by atoms with van der Waals surface area (Å²) < 4.78 is 5.57. The Morgan fingerprint density at radius 1 is 0.969 bits per heavy atom. The molecule has 0 unspecified atom stereocenters. The normalized spacial score (nSPS) is 30.7. The average Bonchev–Trinajstić information content (AvgIpc) is 3.44. The van der Waals surface area contributed by atoms with Gasteiger partial charge in [-0.2, -0.15) is 0 Å². The molecular formula is C26H26N2O4. The van der Waals surface area contributed by atoms with E-state index in [9.17, 15) is 14.4 Å². The van der Waals surface area contributed by atoms with Crippen molar-refractivity contribution in [3.63, 3.8) is 0 Å². The smallest absolute Gasteiger partial charge is 0.243 e. The Balaban J connectivity index is 1.33. The third-order valence-electron chi connectivity index (χ3n) is 7.78. The van der Waals surface area contributed by atoms with E-state index in [1.807, 2.05) is 24.3 Å². The predicted molar refractivity (Wildman–Crippen MR) is 117 cm³/mol. The van der Waals surface area contributed by atoms with Gasteiger partial charge in [-0.1, -0.05) is 48.5 Å². The number of benzene rings is 2. The Morgan fingerprint density at radius 2 is 1.47 bits per heavy atom. The van der Waals surface area contributed by atoms with Crippen LogP contribution in [0.4, 0.5) is 0 Å². The molecule has 2 aromatic carbocycles. The SMILES string of the molecule is C[C@H](C(=O)NC[C@H]1CCCO1)N1C(=O)[C@@H]2C3c4ccccc4C(c4ccccc43)[C@@H]2C1=O. The molecule has 164 valence electrons. The number of imide groups is 1. The number of hydrogen-bond donors (Lipinski definition) is 1. The molecule has 2 heterocycles. The van der Waals surface area contributed by atoms with Crippen molar-refractivity contribution in [2.75, 3.05) is 13.2 Å². The zero-order valence-corrected chi connectivity index (χ0v) is 18.0. The van der Waals surface area contributed by atoms with Gasteiger partial charge in [0.25, 0.3) is 0 Å². The second-order valence-electron chi connectivity index (χ2n) is 9.37. The third-order valence-corrected chi connectivity index (χ3v) is 7.78. The summed E-state index contributed by atoms with van der Waals surface area (Å²) in [5.74, 6) is -1.96. The van der Waals surface area contributed by atoms with E-state index in [1.54, 1.807) is 6.92 Å². The molecule has 0 radical (unpaired) electrons. The second kappa shape index (κ2) is 7.27. The summed E-state index contributed by atoms with van der Waals surface area (Å²) in [6.07, 6.45) is 1.92. The lowest BCUT2D eigenvalue weighted by Gasteiger charge is -2.45. The van der Waals surface area contributed by atoms with Crippen molar-refractivity contribution in [2.24, 2.45) is 11.8 Å². The number of rotatable bonds is 4. The molecule has 6 heteroatoms. The minimum absolute atomic E-state index is 0.0126. The van der Waals surface area contributed by atoms with Gasteiger partial charge in [0.05, 0.1) is 17.9 Å². The molecule has 3 amide bonds. The quantitative estimate of drug-likeness (QED) is 0.757. The van der Waals surface area contributed by atoms with Gasteiger partial charge in [0, 0.05) is 25.0 Å². The Labute approximate surface area is 186 Å². The molecule has 0 saturated carbocycles. The van der Waals surface area contributed by atoms with Crippen molar-refractivity contribution in [3.05, 3.63) is 70.8 Å². The number of amides is 3. The minimum Gasteiger partial charge on any atom is -0.376 e. The van der Waals surface area contributed by atoms with E-state index in [1.165, 1.54) is 4.90 Å². The summed E-state index contributed by atoms with van der Waals surface area (Å²) in [6.45, 7) is 2.78. The van der Waals surface area contributed by atoms with Crippen LogP contribution >= 0.6 is 0 Å². The Hall–Kier alpha value is -2.99. The van der Waals surface area contributed by atoms with Gasteiger partial charge in [-0.15, -0.1) is 0 Å². The van der Waals surface area contributed by atoms with E-state index in [4.69, 9.17) is 4.74 Å². The Bertz CT molecular complexity index is 1010. The zero-order valence-electron chi connectivity index (χ0n) is 18.0. The molecule has 2 aliphatic heterocycles. The highest BCUT2D eigenvalue weighted by Gasteiger charge is 2.62. The lowest BCUT2D eigenvalue weighted by atomic mass is 9.55. The summed E-state index contributed by atoms with van der Waals surface area (Å²) in [6, 6.07) is 15.5. The molecule has 3 aliphatic carbocycles. The number of hydrogen-bond acceptors (Lipinski definition) is 4. The van der Waals surface area contributed by atoms with Crippen molar-refractivity contribution >= 4 is 17.7 Å². The first-order valence-electron chi connectivity index (χ1n) is 11.5. The maximum Gasteiger partial charge on any atom is 0.243 e. The van der Waals surface area contributed by atoms with Crippen LogP contribution in [0.25, 0.3) is 0 Å². The van der Waals surface area contributed by atoms with Crippen LogP contribution in [-0.2, 0) is 19.1 Å². The first-order valence-corrected chi connectivity index (χ1v) is 11.5. The van der Waals surface area contributed by atoms with Crippen molar-refractivity contribution in [2.45, 2.75) is 43.7 Å². The van der Waals surface area contributed by atoms with E-state index in [0.717, 1.165) is 35.1 Å². The van der Waals surface area contributed by atoms with E-state index < -0.39 is 17.9 Å². The summed E-state index contributed by atoms with van der Waals surface area (Å²) in [4.78, 5) is 41.5. The van der Waals surface area contributed by atoms with Gasteiger partial charge >= 0.3 is 0 Å². The zero-order chi connectivity index (χ0) is 22.0. The maximum atomic E-state index is 13.7. The van der Waals surface area contributed by atoms with Crippen LogP contribution in [0.2, 0.25) is 0 Å². The molecule has 2 aromatic rings. The highest BCUT2D eigenvalue weighted by atomic mass is 16.5. The monoisotopic (exact) mass is 430 g/mol. The van der Waals surface area contributed by atoms with Crippen molar-refractivity contribution in [1.29, 1.82) is 0 Å². The summed E-state index contributed by atoms with van der Waals surface area (Å²) in [7, 11) is 0. The lowest BCUT2D eigenvalue weighted by Crippen LogP contribution is -2.49. The number of likely N-dealkylation sites (tertiary alicyclic amines) is 1. The highest BCUT2D eigenvalue weighted by molar-refractivity contribution is 6.10. The lowest BCUT2D eigenvalue weighted by molar-refractivity contribution is -0.147. The molecular weight excluding hydrogens is 404 g/mol. The van der Waals surface area contributed by atoms with Gasteiger partial charge in [0.15, 0.2) is 0 Å². The van der Waals surface area contributed by atoms with Gasteiger partial charge in [-0.3, -0.25) is 19.3 Å². The Morgan fingerprint density at radius 3 is 1.91 bits per heavy atom. The van der Waals surface area contributed by atoms with E-state index in [0.29, 0.717) is 13.2 Å². The molecule has 6 nitrogen and oxygen atoms in total. The average molecular weight is 431 g/mol. The topological polar surface area (TPSA) is 75.7 Å². The number of ether oxygens (including phenoxy) is 1. The van der Waals surface area contributed by atoms with E-state index in [-0.39, 0.29) is 35.7 Å². The van der Waals surface area contributed by atoms with Gasteiger partial charge in [-0.05, 0) is 42.0 Å². The minimum atomic E-state index is -0.840. The second-order valence-corrected chi connectivity index (χ2v) is 9.37. The van der Waals surface area contributed by atoms with Crippen molar-refractivity contribution in [3.8, 4) is 0 Å². The molecule has 4 atom stereocenters. The fraction of sp³-hybridized carbons (Fsp3) is 0.423. The number of carbonyl (C=O) groups is 3. The van der Waals surface area contributed by atoms with E-state index in [2.05, 4.69) is 29.6 Å². The number of nitrogens with zero attached hydrogens (tertiary/aromatic N) is 1. The van der Waals surface area contributed by atoms with Crippen molar-refractivity contribution < 1.29 is 19.1 Å². The molecule has 2 bridgehead atoms. The van der Waals surface area contributed by atoms with Gasteiger partial charge in [0.1, 0.15) is 6.04 Å². The first kappa shape index (κ1) is 19.7. The molecule has 0 spiro atoms. The Kier molecular flexibility index (Phi) is 4.47. The van der Waals surface area contributed by atoms with Crippen LogP contribution in [0.15, 0.2) is 48.5 Å². The molecule has 32 heavy (non-hydrogen) atoms. The van der Waals surface area contributed by atoms with Gasteiger partial charge < -0.3 is 10.1 Å². The number of carbonyl (C=O) groups excluding carboxylic acids is 3. The van der Waals surface area contributed by atoms with Crippen LogP contribution in [0.3, 0.4) is 0 Å². The van der Waals surface area contributed by atoms with Gasteiger partial charge in [0.2, 0.25) is 17.7 Å². The number of nitrogens with one attached hydrogen (secondary N) is 1. The summed E-state index contributed by atoms with van der Waals surface area (Å²) in [5.41, 5.74) is 4.54. The van der Waals surface area contributed by atoms with Crippen LogP contribution in [0.1, 0.15) is 53.9 Å². The fourth-order valence-corrected chi connectivity index (χ4v) is 6.37. The maximum absolute atomic E-state index is 13.7. The summed E-state index contributed by atoms with van der Waals surface area (Å²) >= 11 is 0. The van der Waals surface area contributed by atoms with E-state index >= 15 is 0 Å². The highest BCUT2D eigenvalue weighted by Crippen LogP contribution is 2.61. The molecule has 7 rings (SSSR count). The summed E-state index contributed by atoms with van der Waals surface area (Å²) in [5, 5.41) is 2.89. The van der Waals surface area contributed by atoms with Gasteiger partial charge in [-0.25, -0.2) is 0 Å². The van der Waals surface area contributed by atoms with Crippen LogP contribution in [0, 0.1) is 11.8 Å². The largest absolute Gasteiger partial charge is 0.376 e. The first-order chi connectivity index (χ1) is 15.6. The molecule has 0 aromatic heterocycles. The predicted octanol–water partition coefficient (Wildman–Crippen LogP) is 2.56. The standard InChI is InChI=1S/C26H26N2O4/c1-14(24(29)27-13-15-7-6-12-32-15)28-25(30)22-20-16-8-2-3-9-17(16)21(23(22)26(28)31)19-11-5-4-10-18(19)20/h2-5,8-11,14-15,20-23H,6-7,12-13H2,1H3,(H,27,29)/t14-,15-,20?,21?,22-,23+/m1/s1. The van der Waals surface area contributed by atoms with Crippen LogP contribution in [-0.4, -0.2) is 47.9 Å². The third kappa shape index (κ3) is 2.65. The molecule has 5 aliphatic rings. The molecule has 1 N–H and O–H groups in total. The van der Waals surface area contributed by atoms with Crippen LogP contribution < -0.4 is 5.32 Å². The fourth-order valence-electron chi connectivity index (χ4n) is 6.37.